The molecule has 0 spiro atoms. The van der Waals surface area contributed by atoms with Crippen LogP contribution in [0.15, 0.2) is 94.9 Å². The molecule has 0 aromatic heterocycles. The molecule has 4 rings (SSSR count). The van der Waals surface area contributed by atoms with Crippen LogP contribution in [0.25, 0.3) is 0 Å². The van der Waals surface area contributed by atoms with Crippen LogP contribution in [0.5, 0.6) is 23.0 Å². The third-order valence-electron chi connectivity index (χ3n) is 6.55. The van der Waals surface area contributed by atoms with Crippen molar-refractivity contribution in [2.75, 3.05) is 31.7 Å². The van der Waals surface area contributed by atoms with Gasteiger partial charge < -0.3 is 18.9 Å². The molecule has 0 aliphatic heterocycles. The zero-order valence-electron chi connectivity index (χ0n) is 25.6. The summed E-state index contributed by atoms with van der Waals surface area (Å²) in [6.45, 7) is 1.68. The number of methoxy groups -OCH3 is 2. The SMILES string of the molecule is CCOc1cc(/C=N\NC(=O)CN(c2ccc(OC)cc2OC)S(=O)(=O)c2ccccc2[N+](=O)[O-])ccc1OCc1ccc(Cl)cc1. The number of hydrazone groups is 1. The topological polar surface area (TPSA) is 159 Å². The number of para-hydroxylation sites is 1. The number of carbonyl (C=O) groups is 1. The number of ether oxygens (including phenoxy) is 4. The molecule has 0 saturated heterocycles. The van der Waals surface area contributed by atoms with E-state index in [1.807, 2.05) is 19.1 Å². The number of amides is 1. The second-order valence-electron chi connectivity index (χ2n) is 9.62. The summed E-state index contributed by atoms with van der Waals surface area (Å²) in [5.41, 5.74) is 3.06. The lowest BCUT2D eigenvalue weighted by molar-refractivity contribution is -0.387. The van der Waals surface area contributed by atoms with Gasteiger partial charge in [0.15, 0.2) is 16.4 Å². The highest BCUT2D eigenvalue weighted by Gasteiger charge is 2.34. The molecule has 0 aliphatic rings. The number of anilines is 1. The van der Waals surface area contributed by atoms with Crippen molar-refractivity contribution in [1.82, 2.24) is 5.43 Å². The van der Waals surface area contributed by atoms with Crippen LogP contribution in [-0.4, -0.2) is 52.8 Å². The predicted molar refractivity (Wildman–Crippen MR) is 176 cm³/mol. The van der Waals surface area contributed by atoms with Gasteiger partial charge in [0.25, 0.3) is 21.6 Å². The van der Waals surface area contributed by atoms with Crippen LogP contribution < -0.4 is 28.7 Å². The first kappa shape index (κ1) is 34.5. The molecule has 0 unspecified atom stereocenters. The predicted octanol–water partition coefficient (Wildman–Crippen LogP) is 5.59. The van der Waals surface area contributed by atoms with Crippen molar-refractivity contribution in [3.05, 3.63) is 111 Å². The number of hydrogen-bond donors (Lipinski definition) is 1. The number of rotatable bonds is 15. The number of halogens is 1. The van der Waals surface area contributed by atoms with Gasteiger partial charge in [0.1, 0.15) is 24.7 Å². The van der Waals surface area contributed by atoms with Gasteiger partial charge in [-0.05, 0) is 66.6 Å². The standard InChI is InChI=1S/C32H31ClN4O9S/c1-4-45-30-17-23(11-16-28(30)46-21-22-9-12-24(33)13-10-22)19-34-35-32(38)20-36(26-15-14-25(43-2)18-29(26)44-3)47(41,42)31-8-6-5-7-27(31)37(39)40/h5-19H,4,20-21H2,1-3H3,(H,35,38)/b34-19-. The van der Waals surface area contributed by atoms with Crippen LogP contribution in [0, 0.1) is 10.1 Å². The minimum absolute atomic E-state index is 0.0460. The minimum atomic E-state index is -4.68. The van der Waals surface area contributed by atoms with Crippen molar-refractivity contribution in [3.63, 3.8) is 0 Å². The molecule has 0 bridgehead atoms. The summed E-state index contributed by atoms with van der Waals surface area (Å²) in [5.74, 6) is 0.506. The number of hydrogen-bond acceptors (Lipinski definition) is 10. The Morgan fingerprint density at radius 1 is 0.957 bits per heavy atom. The molecule has 0 saturated carbocycles. The lowest BCUT2D eigenvalue weighted by atomic mass is 10.2. The Morgan fingerprint density at radius 3 is 2.38 bits per heavy atom. The second kappa shape index (κ2) is 15.8. The molecule has 246 valence electrons. The third-order valence-corrected chi connectivity index (χ3v) is 8.61. The van der Waals surface area contributed by atoms with Crippen LogP contribution in [-0.2, 0) is 21.4 Å². The van der Waals surface area contributed by atoms with Gasteiger partial charge in [-0.25, -0.2) is 13.8 Å². The van der Waals surface area contributed by atoms with Gasteiger partial charge in [-0.15, -0.1) is 0 Å². The first-order valence-corrected chi connectivity index (χ1v) is 15.8. The molecular formula is C32H31ClN4O9S. The minimum Gasteiger partial charge on any atom is -0.497 e. The Kier molecular flexibility index (Phi) is 11.6. The number of carbonyl (C=O) groups excluding carboxylic acids is 1. The number of sulfonamides is 1. The van der Waals surface area contributed by atoms with Crippen molar-refractivity contribution in [1.29, 1.82) is 0 Å². The fraction of sp³-hybridized carbons (Fsp3) is 0.188. The van der Waals surface area contributed by atoms with E-state index in [4.69, 9.17) is 30.5 Å². The molecule has 47 heavy (non-hydrogen) atoms. The molecule has 0 aliphatic carbocycles. The quantitative estimate of drug-likeness (QED) is 0.0958. The molecule has 1 amide bonds. The van der Waals surface area contributed by atoms with E-state index in [1.165, 1.54) is 50.8 Å². The van der Waals surface area contributed by atoms with Crippen molar-refractivity contribution in [2.45, 2.75) is 18.4 Å². The summed E-state index contributed by atoms with van der Waals surface area (Å²) in [6.07, 6.45) is 1.35. The van der Waals surface area contributed by atoms with Crippen LogP contribution in [0.2, 0.25) is 5.02 Å². The van der Waals surface area contributed by atoms with E-state index in [0.717, 1.165) is 17.7 Å². The number of nitro benzene ring substituents is 1. The van der Waals surface area contributed by atoms with E-state index < -0.39 is 38.0 Å². The van der Waals surface area contributed by atoms with Gasteiger partial charge in [-0.2, -0.15) is 5.10 Å². The van der Waals surface area contributed by atoms with E-state index in [0.29, 0.717) is 38.7 Å². The maximum absolute atomic E-state index is 13.9. The molecule has 4 aromatic rings. The zero-order chi connectivity index (χ0) is 34.0. The third kappa shape index (κ3) is 8.68. The molecule has 15 heteroatoms. The molecule has 0 heterocycles. The summed E-state index contributed by atoms with van der Waals surface area (Å²) in [4.78, 5) is 23.4. The lowest BCUT2D eigenvalue weighted by Crippen LogP contribution is -2.40. The van der Waals surface area contributed by atoms with E-state index in [9.17, 15) is 23.3 Å². The summed E-state index contributed by atoms with van der Waals surface area (Å²) >= 11 is 5.95. The van der Waals surface area contributed by atoms with Crippen molar-refractivity contribution in [2.24, 2.45) is 5.10 Å². The van der Waals surface area contributed by atoms with Crippen LogP contribution >= 0.6 is 11.6 Å². The monoisotopic (exact) mass is 682 g/mol. The fourth-order valence-corrected chi connectivity index (χ4v) is 6.03. The van der Waals surface area contributed by atoms with Gasteiger partial charge >= 0.3 is 0 Å². The Morgan fingerprint density at radius 2 is 1.70 bits per heavy atom. The van der Waals surface area contributed by atoms with Crippen LogP contribution in [0.3, 0.4) is 0 Å². The summed E-state index contributed by atoms with van der Waals surface area (Å²) < 4.78 is 50.7. The highest BCUT2D eigenvalue weighted by Crippen LogP contribution is 2.37. The van der Waals surface area contributed by atoms with Crippen molar-refractivity contribution in [3.8, 4) is 23.0 Å². The van der Waals surface area contributed by atoms with Gasteiger partial charge in [0.05, 0.1) is 37.7 Å². The number of benzene rings is 4. The number of nitro groups is 1. The first-order valence-electron chi connectivity index (χ1n) is 14.0. The highest BCUT2D eigenvalue weighted by molar-refractivity contribution is 7.93. The average molecular weight is 683 g/mol. The van der Waals surface area contributed by atoms with E-state index in [-0.39, 0.29) is 18.0 Å². The number of nitrogens with one attached hydrogen (secondary N) is 1. The Labute approximate surface area is 276 Å². The molecule has 0 radical (unpaired) electrons. The Balaban J connectivity index is 1.56. The van der Waals surface area contributed by atoms with E-state index in [2.05, 4.69) is 10.5 Å². The van der Waals surface area contributed by atoms with Gasteiger partial charge in [-0.1, -0.05) is 35.9 Å². The normalized spacial score (nSPS) is 11.1. The molecule has 0 atom stereocenters. The van der Waals surface area contributed by atoms with E-state index >= 15 is 0 Å². The average Bonchev–Trinajstić information content (AvgIpc) is 3.07. The largest absolute Gasteiger partial charge is 0.497 e. The number of nitrogens with zero attached hydrogens (tertiary/aromatic N) is 3. The fourth-order valence-electron chi connectivity index (χ4n) is 4.31. The maximum Gasteiger partial charge on any atom is 0.289 e. The van der Waals surface area contributed by atoms with Crippen LogP contribution in [0.1, 0.15) is 18.1 Å². The van der Waals surface area contributed by atoms with Crippen molar-refractivity contribution < 1.29 is 37.1 Å². The zero-order valence-corrected chi connectivity index (χ0v) is 27.2. The smallest absolute Gasteiger partial charge is 0.289 e. The molecule has 0 fully saturated rings. The molecule has 13 nitrogen and oxygen atoms in total. The first-order chi connectivity index (χ1) is 22.6. The van der Waals surface area contributed by atoms with E-state index in [1.54, 1.807) is 30.3 Å². The Hall–Kier alpha value is -5.34. The van der Waals surface area contributed by atoms with Gasteiger partial charge in [0.2, 0.25) is 0 Å². The summed E-state index contributed by atoms with van der Waals surface area (Å²) in [7, 11) is -1.95. The molecule has 4 aromatic carbocycles. The second-order valence-corrected chi connectivity index (χ2v) is 11.9. The highest BCUT2D eigenvalue weighted by atomic mass is 35.5. The van der Waals surface area contributed by atoms with Crippen LogP contribution in [0.4, 0.5) is 11.4 Å². The summed E-state index contributed by atoms with van der Waals surface area (Å²) in [5, 5.41) is 16.3. The Bertz CT molecular complexity index is 1870. The van der Waals surface area contributed by atoms with Crippen molar-refractivity contribution >= 4 is 45.1 Å². The van der Waals surface area contributed by atoms with Gasteiger partial charge in [0, 0.05) is 17.2 Å². The molecular weight excluding hydrogens is 652 g/mol. The maximum atomic E-state index is 13.9. The lowest BCUT2D eigenvalue weighted by Gasteiger charge is -2.25. The van der Waals surface area contributed by atoms with Gasteiger partial charge in [-0.3, -0.25) is 19.2 Å². The summed E-state index contributed by atoms with van der Waals surface area (Å²) in [6, 6.07) is 21.4. The molecule has 1 N–H and O–H groups in total.